The molecule has 0 saturated carbocycles. The number of ether oxygens (including phenoxy) is 2. The molecule has 1 saturated heterocycles. The van der Waals surface area contributed by atoms with Crippen molar-refractivity contribution in [3.8, 4) is 5.75 Å². The summed E-state index contributed by atoms with van der Waals surface area (Å²) in [6.07, 6.45) is 2.65. The first-order valence-corrected chi connectivity index (χ1v) is 8.20. The summed E-state index contributed by atoms with van der Waals surface area (Å²) in [5.74, 6) is 0.985. The SMILES string of the molecule is CC(C)(C)OC(=O)N1CCC(CCOc2ccc(F)cc2)CC1. The number of rotatable bonds is 4. The molecular formula is C18H26FNO3. The predicted octanol–water partition coefficient (Wildman–Crippen LogP) is 4.24. The number of carbonyl (C=O) groups excluding carboxylic acids is 1. The second kappa shape index (κ2) is 7.66. The summed E-state index contributed by atoms with van der Waals surface area (Å²) in [6.45, 7) is 7.72. The minimum atomic E-state index is -0.447. The van der Waals surface area contributed by atoms with Crippen molar-refractivity contribution in [1.29, 1.82) is 0 Å². The molecule has 1 heterocycles. The molecular weight excluding hydrogens is 297 g/mol. The maximum atomic E-state index is 12.8. The van der Waals surface area contributed by atoms with Gasteiger partial charge >= 0.3 is 6.09 Å². The lowest BCUT2D eigenvalue weighted by molar-refractivity contribution is 0.0177. The quantitative estimate of drug-likeness (QED) is 0.832. The lowest BCUT2D eigenvalue weighted by atomic mass is 9.94. The molecule has 0 aromatic heterocycles. The number of hydrogen-bond donors (Lipinski definition) is 0. The van der Waals surface area contributed by atoms with Gasteiger partial charge in [0, 0.05) is 13.1 Å². The predicted molar refractivity (Wildman–Crippen MR) is 87.0 cm³/mol. The van der Waals surface area contributed by atoms with Crippen LogP contribution in [0.25, 0.3) is 0 Å². The van der Waals surface area contributed by atoms with E-state index < -0.39 is 5.60 Å². The Bertz CT molecular complexity index is 502. The normalized spacial score (nSPS) is 16.3. The molecule has 1 aliphatic heterocycles. The highest BCUT2D eigenvalue weighted by Gasteiger charge is 2.26. The minimum absolute atomic E-state index is 0.224. The molecule has 4 nitrogen and oxygen atoms in total. The summed E-state index contributed by atoms with van der Waals surface area (Å²) in [4.78, 5) is 13.8. The van der Waals surface area contributed by atoms with E-state index in [4.69, 9.17) is 9.47 Å². The van der Waals surface area contributed by atoms with E-state index in [2.05, 4.69) is 0 Å². The standard InChI is InChI=1S/C18H26FNO3/c1-18(2,3)23-17(21)20-11-8-14(9-12-20)10-13-22-16-6-4-15(19)5-7-16/h4-7,14H,8-13H2,1-3H3. The van der Waals surface area contributed by atoms with Crippen molar-refractivity contribution >= 4 is 6.09 Å². The van der Waals surface area contributed by atoms with Gasteiger partial charge in [-0.2, -0.15) is 0 Å². The maximum Gasteiger partial charge on any atom is 0.410 e. The van der Waals surface area contributed by atoms with Gasteiger partial charge in [0.05, 0.1) is 6.61 Å². The molecule has 0 bridgehead atoms. The Labute approximate surface area is 137 Å². The van der Waals surface area contributed by atoms with Crippen LogP contribution in [-0.2, 0) is 4.74 Å². The summed E-state index contributed by atoms with van der Waals surface area (Å²) in [7, 11) is 0. The number of halogens is 1. The first-order valence-electron chi connectivity index (χ1n) is 8.20. The Balaban J connectivity index is 1.66. The zero-order chi connectivity index (χ0) is 16.9. The molecule has 0 radical (unpaired) electrons. The van der Waals surface area contributed by atoms with Crippen LogP contribution in [0, 0.1) is 11.7 Å². The van der Waals surface area contributed by atoms with Gasteiger partial charge in [0.15, 0.2) is 0 Å². The Morgan fingerprint density at radius 1 is 1.22 bits per heavy atom. The largest absolute Gasteiger partial charge is 0.494 e. The smallest absolute Gasteiger partial charge is 0.410 e. The number of likely N-dealkylation sites (tertiary alicyclic amines) is 1. The van der Waals surface area contributed by atoms with Gasteiger partial charge in [0.1, 0.15) is 17.2 Å². The van der Waals surface area contributed by atoms with Gasteiger partial charge in [-0.15, -0.1) is 0 Å². The summed E-state index contributed by atoms with van der Waals surface area (Å²) < 4.78 is 23.8. The van der Waals surface area contributed by atoms with Crippen molar-refractivity contribution < 1.29 is 18.7 Å². The first kappa shape index (κ1) is 17.6. The fraction of sp³-hybridized carbons (Fsp3) is 0.611. The molecule has 1 amide bonds. The monoisotopic (exact) mass is 323 g/mol. The molecule has 1 fully saturated rings. The number of benzene rings is 1. The molecule has 1 aromatic carbocycles. The Kier molecular flexibility index (Phi) is 5.85. The van der Waals surface area contributed by atoms with Crippen LogP contribution in [0.3, 0.4) is 0 Å². The van der Waals surface area contributed by atoms with Crippen molar-refractivity contribution in [3.05, 3.63) is 30.1 Å². The second-order valence-corrected chi connectivity index (χ2v) is 7.00. The summed E-state index contributed by atoms with van der Waals surface area (Å²) in [6, 6.07) is 6.07. The molecule has 2 rings (SSSR count). The van der Waals surface area contributed by atoms with Crippen molar-refractivity contribution in [3.63, 3.8) is 0 Å². The summed E-state index contributed by atoms with van der Waals surface area (Å²) in [5.41, 5.74) is -0.447. The highest BCUT2D eigenvalue weighted by Crippen LogP contribution is 2.22. The molecule has 1 aliphatic rings. The molecule has 0 atom stereocenters. The fourth-order valence-corrected chi connectivity index (χ4v) is 2.60. The molecule has 0 unspecified atom stereocenters. The van der Waals surface area contributed by atoms with Crippen LogP contribution in [-0.4, -0.2) is 36.3 Å². The van der Waals surface area contributed by atoms with Crippen LogP contribution in [0.2, 0.25) is 0 Å². The van der Waals surface area contributed by atoms with Crippen LogP contribution in [0.15, 0.2) is 24.3 Å². The van der Waals surface area contributed by atoms with Gasteiger partial charge in [-0.25, -0.2) is 9.18 Å². The number of amides is 1. The van der Waals surface area contributed by atoms with E-state index in [1.807, 2.05) is 20.8 Å². The van der Waals surface area contributed by atoms with E-state index in [1.54, 1.807) is 17.0 Å². The van der Waals surface area contributed by atoms with Gasteiger partial charge in [0.2, 0.25) is 0 Å². The van der Waals surface area contributed by atoms with Gasteiger partial charge < -0.3 is 14.4 Å². The van der Waals surface area contributed by atoms with E-state index in [0.717, 1.165) is 32.4 Å². The van der Waals surface area contributed by atoms with Gasteiger partial charge in [-0.05, 0) is 70.2 Å². The highest BCUT2D eigenvalue weighted by molar-refractivity contribution is 5.68. The van der Waals surface area contributed by atoms with Crippen molar-refractivity contribution in [2.75, 3.05) is 19.7 Å². The lowest BCUT2D eigenvalue weighted by Crippen LogP contribution is -2.41. The Hall–Kier alpha value is -1.78. The zero-order valence-corrected chi connectivity index (χ0v) is 14.2. The number of hydrogen-bond acceptors (Lipinski definition) is 3. The Morgan fingerprint density at radius 2 is 1.83 bits per heavy atom. The van der Waals surface area contributed by atoms with Crippen LogP contribution in [0.5, 0.6) is 5.75 Å². The number of carbonyl (C=O) groups is 1. The van der Waals surface area contributed by atoms with E-state index in [0.29, 0.717) is 18.3 Å². The van der Waals surface area contributed by atoms with Crippen LogP contribution in [0.4, 0.5) is 9.18 Å². The average molecular weight is 323 g/mol. The average Bonchev–Trinajstić information content (AvgIpc) is 2.48. The first-order chi connectivity index (χ1) is 10.8. The van der Waals surface area contributed by atoms with Crippen molar-refractivity contribution in [2.24, 2.45) is 5.92 Å². The second-order valence-electron chi connectivity index (χ2n) is 7.00. The molecule has 23 heavy (non-hydrogen) atoms. The fourth-order valence-electron chi connectivity index (χ4n) is 2.60. The molecule has 0 aliphatic carbocycles. The Morgan fingerprint density at radius 3 is 2.39 bits per heavy atom. The third-order valence-corrected chi connectivity index (χ3v) is 3.87. The van der Waals surface area contributed by atoms with Crippen molar-refractivity contribution in [2.45, 2.75) is 45.6 Å². The maximum absolute atomic E-state index is 12.8. The van der Waals surface area contributed by atoms with Crippen LogP contribution < -0.4 is 4.74 Å². The molecule has 0 spiro atoms. The molecule has 5 heteroatoms. The van der Waals surface area contributed by atoms with E-state index in [1.165, 1.54) is 12.1 Å². The molecule has 1 aromatic rings. The van der Waals surface area contributed by atoms with Gasteiger partial charge in [-0.3, -0.25) is 0 Å². The van der Waals surface area contributed by atoms with Crippen LogP contribution >= 0.6 is 0 Å². The zero-order valence-electron chi connectivity index (χ0n) is 14.2. The topological polar surface area (TPSA) is 38.8 Å². The lowest BCUT2D eigenvalue weighted by Gasteiger charge is -2.33. The number of nitrogens with zero attached hydrogens (tertiary/aromatic N) is 1. The third kappa shape index (κ3) is 6.08. The van der Waals surface area contributed by atoms with E-state index >= 15 is 0 Å². The van der Waals surface area contributed by atoms with Crippen LogP contribution in [0.1, 0.15) is 40.0 Å². The van der Waals surface area contributed by atoms with Crippen molar-refractivity contribution in [1.82, 2.24) is 4.90 Å². The van der Waals surface area contributed by atoms with Gasteiger partial charge in [-0.1, -0.05) is 0 Å². The summed E-state index contributed by atoms with van der Waals surface area (Å²) in [5, 5.41) is 0. The van der Waals surface area contributed by atoms with E-state index in [9.17, 15) is 9.18 Å². The minimum Gasteiger partial charge on any atom is -0.494 e. The van der Waals surface area contributed by atoms with E-state index in [-0.39, 0.29) is 11.9 Å². The van der Waals surface area contributed by atoms with Gasteiger partial charge in [0.25, 0.3) is 0 Å². The highest BCUT2D eigenvalue weighted by atomic mass is 19.1. The third-order valence-electron chi connectivity index (χ3n) is 3.87. The molecule has 0 N–H and O–H groups in total. The molecule has 128 valence electrons. The summed E-state index contributed by atoms with van der Waals surface area (Å²) >= 11 is 0. The number of piperidine rings is 1.